The van der Waals surface area contributed by atoms with Crippen molar-refractivity contribution in [2.45, 2.75) is 0 Å². The van der Waals surface area contributed by atoms with Crippen molar-refractivity contribution in [1.29, 1.82) is 0 Å². The van der Waals surface area contributed by atoms with Crippen LogP contribution in [0, 0.1) is 0 Å². The van der Waals surface area contributed by atoms with Crippen molar-refractivity contribution in [3.8, 4) is 0 Å². The van der Waals surface area contributed by atoms with Gasteiger partial charge in [-0.15, -0.1) is 10.2 Å². The van der Waals surface area contributed by atoms with E-state index in [2.05, 4.69) is 25.0 Å². The highest BCUT2D eigenvalue weighted by Gasteiger charge is 2.12. The van der Waals surface area contributed by atoms with Gasteiger partial charge >= 0.3 is 11.9 Å². The minimum absolute atomic E-state index is 0.174. The van der Waals surface area contributed by atoms with Gasteiger partial charge in [-0.1, -0.05) is 11.3 Å². The molecular weight excluding hydrogens is 302 g/mol. The van der Waals surface area contributed by atoms with Crippen LogP contribution in [0.15, 0.2) is 17.7 Å². The Balaban J connectivity index is 2.25. The molecular formula is C11H11N3O6S. The van der Waals surface area contributed by atoms with Gasteiger partial charge in [-0.2, -0.15) is 0 Å². The van der Waals surface area contributed by atoms with E-state index < -0.39 is 30.2 Å². The monoisotopic (exact) mass is 313 g/mol. The minimum atomic E-state index is -0.883. The number of carbonyl (C=O) groups excluding carboxylic acids is 4. The molecule has 0 saturated carbocycles. The van der Waals surface area contributed by atoms with Crippen LogP contribution in [-0.4, -0.2) is 54.1 Å². The van der Waals surface area contributed by atoms with E-state index in [1.54, 1.807) is 0 Å². The minimum Gasteiger partial charge on any atom is -0.466 e. The maximum Gasteiger partial charge on any atom is 0.331 e. The molecule has 0 aliphatic heterocycles. The molecule has 112 valence electrons. The van der Waals surface area contributed by atoms with Crippen molar-refractivity contribution >= 4 is 35.0 Å². The number of nitrogens with zero attached hydrogens (tertiary/aromatic N) is 2. The third-order valence-corrected chi connectivity index (χ3v) is 2.68. The molecule has 10 heteroatoms. The van der Waals surface area contributed by atoms with Crippen molar-refractivity contribution in [3.05, 3.63) is 22.7 Å². The number of amides is 1. The second-order valence-corrected chi connectivity index (χ2v) is 4.24. The van der Waals surface area contributed by atoms with Gasteiger partial charge < -0.3 is 14.8 Å². The maximum absolute atomic E-state index is 11.5. The van der Waals surface area contributed by atoms with Crippen LogP contribution in [0.2, 0.25) is 0 Å². The second-order valence-electron chi connectivity index (χ2n) is 3.41. The summed E-state index contributed by atoms with van der Waals surface area (Å²) in [4.78, 5) is 44.6. The Morgan fingerprint density at radius 3 is 2.62 bits per heavy atom. The SMILES string of the molecule is COC(=O)/C=C/C(=O)OCC(=O)NCC(=O)c1nncs1. The number of hydrogen-bond acceptors (Lipinski definition) is 9. The highest BCUT2D eigenvalue weighted by atomic mass is 32.1. The maximum atomic E-state index is 11.5. The molecule has 0 bridgehead atoms. The Morgan fingerprint density at radius 1 is 1.29 bits per heavy atom. The molecule has 1 N–H and O–H groups in total. The molecule has 0 spiro atoms. The van der Waals surface area contributed by atoms with Gasteiger partial charge in [0.25, 0.3) is 5.91 Å². The Kier molecular flexibility index (Phi) is 6.68. The zero-order valence-corrected chi connectivity index (χ0v) is 11.7. The molecule has 1 aromatic heterocycles. The number of methoxy groups -OCH3 is 1. The number of ether oxygens (including phenoxy) is 2. The summed E-state index contributed by atoms with van der Waals surface area (Å²) >= 11 is 1.05. The lowest BCUT2D eigenvalue weighted by atomic mass is 10.4. The fourth-order valence-corrected chi connectivity index (χ4v) is 1.48. The van der Waals surface area contributed by atoms with Crippen LogP contribution in [0.25, 0.3) is 0 Å². The molecule has 21 heavy (non-hydrogen) atoms. The van der Waals surface area contributed by atoms with Crippen molar-refractivity contribution in [2.24, 2.45) is 0 Å². The van der Waals surface area contributed by atoms with E-state index in [9.17, 15) is 19.2 Å². The molecule has 0 atom stereocenters. The van der Waals surface area contributed by atoms with E-state index >= 15 is 0 Å². The Bertz CT molecular complexity index is 554. The molecule has 0 aliphatic rings. The van der Waals surface area contributed by atoms with Gasteiger partial charge in [0.05, 0.1) is 13.7 Å². The molecule has 1 heterocycles. The number of Topliss-reactive ketones (excluding diaryl/α,β-unsaturated/α-hetero) is 1. The first-order valence-electron chi connectivity index (χ1n) is 5.51. The van der Waals surface area contributed by atoms with E-state index in [0.29, 0.717) is 0 Å². The lowest BCUT2D eigenvalue weighted by molar-refractivity contribution is -0.144. The van der Waals surface area contributed by atoms with Gasteiger partial charge in [-0.25, -0.2) is 9.59 Å². The summed E-state index contributed by atoms with van der Waals surface area (Å²) in [6.07, 6.45) is 1.69. The average Bonchev–Trinajstić information content (AvgIpc) is 3.02. The van der Waals surface area contributed by atoms with Crippen molar-refractivity contribution in [3.63, 3.8) is 0 Å². The molecule has 0 aliphatic carbocycles. The summed E-state index contributed by atoms with van der Waals surface area (Å²) in [5, 5.41) is 9.47. The first-order chi connectivity index (χ1) is 10.0. The largest absolute Gasteiger partial charge is 0.466 e. The van der Waals surface area contributed by atoms with E-state index in [0.717, 1.165) is 30.6 Å². The zero-order chi connectivity index (χ0) is 15.7. The number of nitrogens with one attached hydrogen (secondary N) is 1. The highest BCUT2D eigenvalue weighted by Crippen LogP contribution is 2.01. The standard InChI is InChI=1S/C11H11N3O6S/c1-19-9(17)2-3-10(18)20-5-8(16)12-4-7(15)11-14-13-6-21-11/h2-3,6H,4-5H2,1H3,(H,12,16)/b3-2+. The molecule has 0 saturated heterocycles. The van der Waals surface area contributed by atoms with Gasteiger partial charge in [0.2, 0.25) is 5.78 Å². The predicted octanol–water partition coefficient (Wildman–Crippen LogP) is -0.891. The summed E-state index contributed by atoms with van der Waals surface area (Å²) < 4.78 is 8.81. The number of esters is 2. The van der Waals surface area contributed by atoms with E-state index in [1.165, 1.54) is 5.51 Å². The number of hydrogen-bond donors (Lipinski definition) is 1. The molecule has 1 aromatic rings. The zero-order valence-electron chi connectivity index (χ0n) is 10.9. The molecule has 0 aromatic carbocycles. The molecule has 0 radical (unpaired) electrons. The molecule has 0 fully saturated rings. The van der Waals surface area contributed by atoms with Crippen molar-refractivity contribution < 1.29 is 28.7 Å². The highest BCUT2D eigenvalue weighted by molar-refractivity contribution is 7.11. The quantitative estimate of drug-likeness (QED) is 0.390. The summed E-state index contributed by atoms with van der Waals surface area (Å²) in [5.74, 6) is -2.67. The fourth-order valence-electron chi connectivity index (χ4n) is 0.989. The Hall–Kier alpha value is -2.62. The van der Waals surface area contributed by atoms with Gasteiger partial charge in [0.1, 0.15) is 5.51 Å². The lowest BCUT2D eigenvalue weighted by Crippen LogP contribution is -2.33. The number of rotatable bonds is 7. The van der Waals surface area contributed by atoms with Crippen LogP contribution in [0.4, 0.5) is 0 Å². The number of carbonyl (C=O) groups is 4. The number of aromatic nitrogens is 2. The van der Waals surface area contributed by atoms with Crippen molar-refractivity contribution in [1.82, 2.24) is 15.5 Å². The summed E-state index contributed by atoms with van der Waals surface area (Å²) in [6, 6.07) is 0. The van der Waals surface area contributed by atoms with Crippen LogP contribution in [-0.2, 0) is 23.9 Å². The van der Waals surface area contributed by atoms with Gasteiger partial charge in [0, 0.05) is 12.2 Å². The first-order valence-corrected chi connectivity index (χ1v) is 6.39. The summed E-state index contributed by atoms with van der Waals surface area (Å²) in [6.45, 7) is -0.850. The predicted molar refractivity (Wildman–Crippen MR) is 69.4 cm³/mol. The first kappa shape index (κ1) is 16.4. The van der Waals surface area contributed by atoms with Gasteiger partial charge in [-0.05, 0) is 0 Å². The normalized spacial score (nSPS) is 10.1. The van der Waals surface area contributed by atoms with Gasteiger partial charge in [0.15, 0.2) is 11.6 Å². The topological polar surface area (TPSA) is 125 Å². The van der Waals surface area contributed by atoms with E-state index in [1.807, 2.05) is 0 Å². The second kappa shape index (κ2) is 8.53. The Morgan fingerprint density at radius 2 is 2.00 bits per heavy atom. The summed E-state index contributed by atoms with van der Waals surface area (Å²) in [7, 11) is 1.15. The third kappa shape index (κ3) is 6.38. The molecule has 0 unspecified atom stereocenters. The summed E-state index contributed by atoms with van der Waals surface area (Å²) in [5.41, 5.74) is 1.39. The molecule has 1 amide bonds. The van der Waals surface area contributed by atoms with E-state index in [4.69, 9.17) is 0 Å². The fraction of sp³-hybridized carbons (Fsp3) is 0.273. The number of ketones is 1. The van der Waals surface area contributed by atoms with Gasteiger partial charge in [-0.3, -0.25) is 9.59 Å². The van der Waals surface area contributed by atoms with Crippen LogP contribution in [0.5, 0.6) is 0 Å². The molecule has 9 nitrogen and oxygen atoms in total. The van der Waals surface area contributed by atoms with Crippen molar-refractivity contribution in [2.75, 3.05) is 20.3 Å². The van der Waals surface area contributed by atoms with Crippen LogP contribution < -0.4 is 5.32 Å². The smallest absolute Gasteiger partial charge is 0.331 e. The van der Waals surface area contributed by atoms with E-state index in [-0.39, 0.29) is 11.6 Å². The molecule has 1 rings (SSSR count). The van der Waals surface area contributed by atoms with Crippen LogP contribution in [0.1, 0.15) is 9.80 Å². The lowest BCUT2D eigenvalue weighted by Gasteiger charge is -2.03. The third-order valence-electron chi connectivity index (χ3n) is 1.95. The Labute approximate surface area is 122 Å². The van der Waals surface area contributed by atoms with Crippen LogP contribution >= 0.6 is 11.3 Å². The van der Waals surface area contributed by atoms with Crippen LogP contribution in [0.3, 0.4) is 0 Å². The average molecular weight is 313 g/mol.